The fourth-order valence-electron chi connectivity index (χ4n) is 3.50. The summed E-state index contributed by atoms with van der Waals surface area (Å²) in [4.78, 5) is 4.88. The first-order valence-electron chi connectivity index (χ1n) is 8.03. The second-order valence-corrected chi connectivity index (χ2v) is 6.86. The van der Waals surface area contributed by atoms with E-state index >= 15 is 0 Å². The number of likely N-dealkylation sites (N-methyl/N-ethyl adjacent to an activating group) is 1. The highest BCUT2D eigenvalue weighted by atomic mass is 35.5. The number of nitrogens with zero attached hydrogens (tertiary/aromatic N) is 4. The maximum atomic E-state index is 5.94. The lowest BCUT2D eigenvalue weighted by Gasteiger charge is -2.33. The van der Waals surface area contributed by atoms with E-state index in [1.165, 1.54) is 5.56 Å². The Morgan fingerprint density at radius 1 is 1.26 bits per heavy atom. The van der Waals surface area contributed by atoms with Crippen molar-refractivity contribution < 1.29 is 4.74 Å². The van der Waals surface area contributed by atoms with Crippen molar-refractivity contribution in [1.82, 2.24) is 19.6 Å². The smallest absolute Gasteiger partial charge is 0.0869 e. The van der Waals surface area contributed by atoms with Gasteiger partial charge in [0.1, 0.15) is 0 Å². The molecule has 2 fully saturated rings. The molecule has 3 heterocycles. The van der Waals surface area contributed by atoms with Gasteiger partial charge < -0.3 is 4.74 Å². The summed E-state index contributed by atoms with van der Waals surface area (Å²) in [7, 11) is 2.20. The van der Waals surface area contributed by atoms with Crippen molar-refractivity contribution in [2.24, 2.45) is 0 Å². The predicted octanol–water partition coefficient (Wildman–Crippen LogP) is 2.04. The molecule has 2 aromatic rings. The number of morpholine rings is 1. The van der Waals surface area contributed by atoms with Crippen LogP contribution in [0.1, 0.15) is 5.56 Å². The van der Waals surface area contributed by atoms with Gasteiger partial charge >= 0.3 is 0 Å². The molecule has 2 aliphatic heterocycles. The van der Waals surface area contributed by atoms with Gasteiger partial charge in [-0.2, -0.15) is 5.10 Å². The molecule has 1 aromatic heterocycles. The van der Waals surface area contributed by atoms with Crippen LogP contribution in [-0.2, 0) is 11.3 Å². The summed E-state index contributed by atoms with van der Waals surface area (Å²) >= 11 is 5.94. The second kappa shape index (κ2) is 6.24. The number of hydrogen-bond acceptors (Lipinski definition) is 4. The van der Waals surface area contributed by atoms with Gasteiger partial charge in [0.25, 0.3) is 0 Å². The van der Waals surface area contributed by atoms with Crippen LogP contribution in [0.15, 0.2) is 36.7 Å². The summed E-state index contributed by atoms with van der Waals surface area (Å²) in [5, 5.41) is 5.21. The van der Waals surface area contributed by atoms with Crippen molar-refractivity contribution in [3.63, 3.8) is 0 Å². The van der Waals surface area contributed by atoms with Crippen molar-refractivity contribution in [3.05, 3.63) is 47.2 Å². The molecule has 6 heteroatoms. The van der Waals surface area contributed by atoms with Crippen LogP contribution in [-0.4, -0.2) is 65.0 Å². The zero-order valence-electron chi connectivity index (χ0n) is 13.2. The lowest BCUT2D eigenvalue weighted by molar-refractivity contribution is -0.0370. The van der Waals surface area contributed by atoms with Gasteiger partial charge in [0.2, 0.25) is 0 Å². The molecule has 0 saturated carbocycles. The van der Waals surface area contributed by atoms with Crippen LogP contribution >= 0.6 is 11.6 Å². The van der Waals surface area contributed by atoms with Crippen molar-refractivity contribution in [1.29, 1.82) is 0 Å². The number of halogens is 1. The largest absolute Gasteiger partial charge is 0.374 e. The highest BCUT2D eigenvalue weighted by Gasteiger charge is 2.38. The van der Waals surface area contributed by atoms with Gasteiger partial charge in [0, 0.05) is 49.0 Å². The number of fused-ring (bicyclic) bond motifs is 1. The molecule has 5 nitrogen and oxygen atoms in total. The molecular weight excluding hydrogens is 312 g/mol. The van der Waals surface area contributed by atoms with Crippen molar-refractivity contribution in [2.45, 2.75) is 18.7 Å². The minimum absolute atomic E-state index is 0.347. The lowest BCUT2D eigenvalue weighted by Crippen LogP contribution is -2.48. The molecule has 0 bridgehead atoms. The Morgan fingerprint density at radius 3 is 2.87 bits per heavy atom. The number of hydrogen-bond donors (Lipinski definition) is 0. The van der Waals surface area contributed by atoms with Crippen LogP contribution in [0.2, 0.25) is 5.02 Å². The van der Waals surface area contributed by atoms with Crippen molar-refractivity contribution in [3.8, 4) is 5.69 Å². The number of ether oxygens (including phenoxy) is 1. The van der Waals surface area contributed by atoms with E-state index in [-0.39, 0.29) is 0 Å². The van der Waals surface area contributed by atoms with E-state index in [2.05, 4.69) is 28.1 Å². The van der Waals surface area contributed by atoms with Crippen LogP contribution in [0.25, 0.3) is 5.69 Å². The van der Waals surface area contributed by atoms with E-state index in [0.29, 0.717) is 12.1 Å². The topological polar surface area (TPSA) is 33.5 Å². The Balaban J connectivity index is 1.43. The van der Waals surface area contributed by atoms with Crippen LogP contribution in [0.4, 0.5) is 0 Å². The second-order valence-electron chi connectivity index (χ2n) is 6.42. The van der Waals surface area contributed by atoms with Gasteiger partial charge in [0.05, 0.1) is 24.6 Å². The molecule has 1 aromatic carbocycles. The third-order valence-corrected chi connectivity index (χ3v) is 5.04. The number of aromatic nitrogens is 2. The highest BCUT2D eigenvalue weighted by Crippen LogP contribution is 2.23. The molecule has 0 amide bonds. The maximum Gasteiger partial charge on any atom is 0.0869 e. The summed E-state index contributed by atoms with van der Waals surface area (Å²) < 4.78 is 7.81. The lowest BCUT2D eigenvalue weighted by atomic mass is 10.1. The predicted molar refractivity (Wildman–Crippen MR) is 90.0 cm³/mol. The molecule has 122 valence electrons. The van der Waals surface area contributed by atoms with Crippen LogP contribution in [0.5, 0.6) is 0 Å². The van der Waals surface area contributed by atoms with E-state index in [0.717, 1.165) is 43.5 Å². The van der Waals surface area contributed by atoms with E-state index in [9.17, 15) is 0 Å². The van der Waals surface area contributed by atoms with Crippen molar-refractivity contribution >= 4 is 11.6 Å². The molecule has 4 rings (SSSR count). The average molecular weight is 333 g/mol. The Hall–Kier alpha value is -1.40. The van der Waals surface area contributed by atoms with E-state index in [1.807, 2.05) is 35.1 Å². The van der Waals surface area contributed by atoms with Crippen LogP contribution in [0, 0.1) is 0 Å². The summed E-state index contributed by atoms with van der Waals surface area (Å²) in [6, 6.07) is 8.25. The first-order valence-corrected chi connectivity index (χ1v) is 8.40. The van der Waals surface area contributed by atoms with E-state index in [4.69, 9.17) is 16.3 Å². The van der Waals surface area contributed by atoms with Crippen molar-refractivity contribution in [2.75, 3.05) is 33.3 Å². The summed E-state index contributed by atoms with van der Waals surface area (Å²) in [5.74, 6) is 0. The molecule has 0 aliphatic carbocycles. The SMILES string of the molecule is CN1CCO[C@@H]2CN(Cc3cnn(-c4ccc(Cl)cc4)c3)C[C@H]21. The Labute approximate surface area is 141 Å². The van der Waals surface area contributed by atoms with Crippen LogP contribution < -0.4 is 0 Å². The normalized spacial score (nSPS) is 25.7. The molecule has 2 aliphatic rings. The highest BCUT2D eigenvalue weighted by molar-refractivity contribution is 6.30. The van der Waals surface area contributed by atoms with Gasteiger partial charge in [-0.05, 0) is 31.3 Å². The van der Waals surface area contributed by atoms with E-state index in [1.54, 1.807) is 0 Å². The summed E-state index contributed by atoms with van der Waals surface area (Å²) in [5.41, 5.74) is 2.25. The summed E-state index contributed by atoms with van der Waals surface area (Å²) in [6.07, 6.45) is 4.39. The first-order chi connectivity index (χ1) is 11.2. The Kier molecular flexibility index (Phi) is 4.11. The molecule has 23 heavy (non-hydrogen) atoms. The molecule has 0 radical (unpaired) electrons. The first kappa shape index (κ1) is 15.1. The molecule has 0 unspecified atom stereocenters. The Bertz CT molecular complexity index is 671. The van der Waals surface area contributed by atoms with Gasteiger partial charge in [-0.15, -0.1) is 0 Å². The molecule has 2 atom stereocenters. The minimum Gasteiger partial charge on any atom is -0.374 e. The zero-order chi connectivity index (χ0) is 15.8. The Morgan fingerprint density at radius 2 is 2.09 bits per heavy atom. The number of benzene rings is 1. The third kappa shape index (κ3) is 3.15. The number of likely N-dealkylation sites (tertiary alicyclic amines) is 1. The quantitative estimate of drug-likeness (QED) is 0.861. The molecule has 0 spiro atoms. The van der Waals surface area contributed by atoms with Gasteiger partial charge in [0.15, 0.2) is 0 Å². The molecular formula is C17H21ClN4O. The fraction of sp³-hybridized carbons (Fsp3) is 0.471. The zero-order valence-corrected chi connectivity index (χ0v) is 14.0. The third-order valence-electron chi connectivity index (χ3n) is 4.79. The summed E-state index contributed by atoms with van der Waals surface area (Å²) in [6.45, 7) is 4.86. The molecule has 0 N–H and O–H groups in total. The van der Waals surface area contributed by atoms with Crippen LogP contribution in [0.3, 0.4) is 0 Å². The van der Waals surface area contributed by atoms with Gasteiger partial charge in [-0.3, -0.25) is 9.80 Å². The minimum atomic E-state index is 0.347. The number of rotatable bonds is 3. The average Bonchev–Trinajstić information content (AvgIpc) is 3.16. The fourth-order valence-corrected chi connectivity index (χ4v) is 3.62. The standard InChI is InChI=1S/C17H21ClN4O/c1-20-6-7-23-17-12-21(11-16(17)20)9-13-8-19-22(10-13)15-4-2-14(18)3-5-15/h2-5,8,10,16-17H,6-7,9,11-12H2,1H3/t16-,17-/m1/s1. The van der Waals surface area contributed by atoms with Gasteiger partial charge in [-0.25, -0.2) is 4.68 Å². The molecule has 2 saturated heterocycles. The maximum absolute atomic E-state index is 5.94. The monoisotopic (exact) mass is 332 g/mol. The van der Waals surface area contributed by atoms with E-state index < -0.39 is 0 Å². The van der Waals surface area contributed by atoms with Gasteiger partial charge in [-0.1, -0.05) is 11.6 Å².